The molecule has 1 spiro atoms. The van der Waals surface area contributed by atoms with Crippen LogP contribution >= 0.6 is 0 Å². The second-order valence-corrected chi connectivity index (χ2v) is 7.86. The van der Waals surface area contributed by atoms with Crippen LogP contribution in [0.5, 0.6) is 0 Å². The van der Waals surface area contributed by atoms with Gasteiger partial charge in [0.15, 0.2) is 0 Å². The molecule has 1 aliphatic heterocycles. The zero-order valence-electron chi connectivity index (χ0n) is 17.1. The molecule has 3 heteroatoms. The minimum Gasteiger partial charge on any atom is -0.372 e. The van der Waals surface area contributed by atoms with Crippen molar-refractivity contribution in [2.24, 2.45) is 5.41 Å². The molecule has 2 fully saturated rings. The van der Waals surface area contributed by atoms with E-state index < -0.39 is 0 Å². The molecule has 1 aromatic carbocycles. The lowest BCUT2D eigenvalue weighted by Crippen LogP contribution is -2.38. The quantitative estimate of drug-likeness (QED) is 0.738. The van der Waals surface area contributed by atoms with Gasteiger partial charge in [-0.3, -0.25) is 4.79 Å². The highest BCUT2D eigenvalue weighted by atomic mass is 16.1. The summed E-state index contributed by atoms with van der Waals surface area (Å²) in [6.07, 6.45) is 14.0. The molecule has 0 bridgehead atoms. The summed E-state index contributed by atoms with van der Waals surface area (Å²) in [7, 11) is 0. The number of benzene rings is 1. The number of nitrogens with zero attached hydrogens (tertiary/aromatic N) is 1. The van der Waals surface area contributed by atoms with Crippen molar-refractivity contribution in [2.75, 3.05) is 13.1 Å². The van der Waals surface area contributed by atoms with Gasteiger partial charge in [0.25, 0.3) is 5.91 Å². The summed E-state index contributed by atoms with van der Waals surface area (Å²) < 4.78 is 0. The Kier molecular flexibility index (Phi) is 5.88. The van der Waals surface area contributed by atoms with E-state index in [9.17, 15) is 4.79 Å². The maximum Gasteiger partial charge on any atom is 0.251 e. The summed E-state index contributed by atoms with van der Waals surface area (Å²) in [5, 5.41) is 3.29. The van der Waals surface area contributed by atoms with E-state index in [1.165, 1.54) is 11.3 Å². The number of hydrogen-bond donors (Lipinski definition) is 1. The van der Waals surface area contributed by atoms with Crippen LogP contribution in [0.3, 0.4) is 0 Å². The fourth-order valence-corrected chi connectivity index (χ4v) is 4.25. The summed E-state index contributed by atoms with van der Waals surface area (Å²) in [6, 6.07) is 6.29. The van der Waals surface area contributed by atoms with Crippen LogP contribution in [0.2, 0.25) is 0 Å². The van der Waals surface area contributed by atoms with Crippen molar-refractivity contribution in [2.45, 2.75) is 53.0 Å². The molecule has 1 saturated heterocycles. The average Bonchev–Trinajstić information content (AvgIpc) is 3.33. The standard InChI is InChI=1S/C24H32N2O/c1-5-8-19-16-20(11-10-18(19)4)23(27)25-22-17-24(22)12-14-26(15-13-24)21(7-3)9-6-2/h5-11,16,22H,12-15,17H2,1-4H3,(H,25,27). The Labute approximate surface area is 163 Å². The second-order valence-electron chi connectivity index (χ2n) is 7.86. The van der Waals surface area contributed by atoms with Crippen molar-refractivity contribution in [1.82, 2.24) is 10.2 Å². The van der Waals surface area contributed by atoms with Crippen molar-refractivity contribution in [3.63, 3.8) is 0 Å². The maximum absolute atomic E-state index is 12.7. The van der Waals surface area contributed by atoms with Crippen LogP contribution in [-0.2, 0) is 0 Å². The molecule has 1 heterocycles. The highest BCUT2D eigenvalue weighted by molar-refractivity contribution is 5.95. The Morgan fingerprint density at radius 1 is 1.19 bits per heavy atom. The van der Waals surface area contributed by atoms with E-state index in [-0.39, 0.29) is 5.91 Å². The van der Waals surface area contributed by atoms with Gasteiger partial charge in [0.2, 0.25) is 0 Å². The van der Waals surface area contributed by atoms with E-state index in [0.29, 0.717) is 11.5 Å². The molecule has 1 unspecified atom stereocenters. The van der Waals surface area contributed by atoms with Gasteiger partial charge in [-0.2, -0.15) is 0 Å². The molecule has 1 atom stereocenters. The molecule has 3 nitrogen and oxygen atoms in total. The summed E-state index contributed by atoms with van der Waals surface area (Å²) in [6.45, 7) is 10.4. The van der Waals surface area contributed by atoms with Crippen molar-refractivity contribution in [3.05, 3.63) is 64.9 Å². The molecule has 144 valence electrons. The Hall–Kier alpha value is -2.29. The van der Waals surface area contributed by atoms with Gasteiger partial charge in [-0.25, -0.2) is 0 Å². The first kappa shape index (κ1) is 19.5. The number of rotatable bonds is 5. The summed E-state index contributed by atoms with van der Waals surface area (Å²) >= 11 is 0. The van der Waals surface area contributed by atoms with Crippen molar-refractivity contribution < 1.29 is 4.79 Å². The predicted octanol–water partition coefficient (Wildman–Crippen LogP) is 5.09. The summed E-state index contributed by atoms with van der Waals surface area (Å²) in [5.74, 6) is 0.0631. The monoisotopic (exact) mass is 364 g/mol. The van der Waals surface area contributed by atoms with E-state index in [1.807, 2.05) is 31.2 Å². The third-order valence-corrected chi connectivity index (χ3v) is 6.14. The molecular weight excluding hydrogens is 332 g/mol. The van der Waals surface area contributed by atoms with E-state index in [2.05, 4.69) is 55.3 Å². The number of hydrogen-bond acceptors (Lipinski definition) is 2. The number of carbonyl (C=O) groups excluding carboxylic acids is 1. The third-order valence-electron chi connectivity index (χ3n) is 6.14. The van der Waals surface area contributed by atoms with Gasteiger partial charge >= 0.3 is 0 Å². The Bertz CT molecular complexity index is 780. The molecule has 1 aliphatic carbocycles. The highest BCUT2D eigenvalue weighted by Crippen LogP contribution is 2.54. The smallest absolute Gasteiger partial charge is 0.251 e. The third kappa shape index (κ3) is 4.18. The highest BCUT2D eigenvalue weighted by Gasteiger charge is 2.55. The lowest BCUT2D eigenvalue weighted by atomic mass is 9.92. The summed E-state index contributed by atoms with van der Waals surface area (Å²) in [5.41, 5.74) is 4.70. The zero-order chi connectivity index (χ0) is 19.4. The summed E-state index contributed by atoms with van der Waals surface area (Å²) in [4.78, 5) is 15.2. The Balaban J connectivity index is 1.59. The fraction of sp³-hybridized carbons (Fsp3) is 0.458. The molecule has 1 amide bonds. The first-order valence-electron chi connectivity index (χ1n) is 10.1. The lowest BCUT2D eigenvalue weighted by Gasteiger charge is -2.35. The van der Waals surface area contributed by atoms with Crippen LogP contribution in [0.25, 0.3) is 6.08 Å². The normalized spacial score (nSPS) is 22.0. The Morgan fingerprint density at radius 2 is 1.93 bits per heavy atom. The first-order chi connectivity index (χ1) is 13.0. The van der Waals surface area contributed by atoms with Crippen LogP contribution in [0.1, 0.15) is 61.5 Å². The number of likely N-dealkylation sites (tertiary alicyclic amines) is 1. The molecule has 1 N–H and O–H groups in total. The minimum absolute atomic E-state index is 0.0631. The lowest BCUT2D eigenvalue weighted by molar-refractivity contribution is 0.0938. The van der Waals surface area contributed by atoms with Gasteiger partial charge in [0, 0.05) is 30.4 Å². The van der Waals surface area contributed by atoms with Gasteiger partial charge in [-0.1, -0.05) is 30.4 Å². The molecular formula is C24H32N2O. The topological polar surface area (TPSA) is 32.3 Å². The van der Waals surface area contributed by atoms with E-state index in [4.69, 9.17) is 0 Å². The van der Waals surface area contributed by atoms with Crippen molar-refractivity contribution >= 4 is 12.0 Å². The molecule has 0 aromatic heterocycles. The van der Waals surface area contributed by atoms with Crippen LogP contribution < -0.4 is 5.32 Å². The van der Waals surface area contributed by atoms with Crippen molar-refractivity contribution in [1.29, 1.82) is 0 Å². The van der Waals surface area contributed by atoms with E-state index >= 15 is 0 Å². The first-order valence-corrected chi connectivity index (χ1v) is 10.1. The second kappa shape index (κ2) is 8.16. The molecule has 3 rings (SSSR count). The number of piperidine rings is 1. The van der Waals surface area contributed by atoms with Crippen LogP contribution in [0.15, 0.2) is 48.2 Å². The number of aryl methyl sites for hydroxylation is 1. The van der Waals surface area contributed by atoms with Crippen LogP contribution in [0.4, 0.5) is 0 Å². The number of allylic oxidation sites excluding steroid dienone is 4. The fourth-order valence-electron chi connectivity index (χ4n) is 4.25. The van der Waals surface area contributed by atoms with E-state index in [1.54, 1.807) is 0 Å². The number of carbonyl (C=O) groups is 1. The van der Waals surface area contributed by atoms with Gasteiger partial charge in [-0.15, -0.1) is 0 Å². The van der Waals surface area contributed by atoms with Gasteiger partial charge in [-0.05, 0) is 81.7 Å². The van der Waals surface area contributed by atoms with Crippen LogP contribution in [-0.4, -0.2) is 29.9 Å². The van der Waals surface area contributed by atoms with Crippen LogP contribution in [0, 0.1) is 12.3 Å². The molecule has 0 radical (unpaired) electrons. The SMILES string of the molecule is CC=CC(=CC)N1CCC2(CC1)CC2NC(=O)c1ccc(C)c(C=CC)c1. The number of amides is 1. The maximum atomic E-state index is 12.7. The van der Waals surface area contributed by atoms with Gasteiger partial charge in [0.05, 0.1) is 0 Å². The molecule has 1 aromatic rings. The van der Waals surface area contributed by atoms with E-state index in [0.717, 1.165) is 43.5 Å². The molecule has 1 saturated carbocycles. The predicted molar refractivity (Wildman–Crippen MR) is 114 cm³/mol. The van der Waals surface area contributed by atoms with Crippen molar-refractivity contribution in [3.8, 4) is 0 Å². The Morgan fingerprint density at radius 3 is 2.56 bits per heavy atom. The molecule has 27 heavy (non-hydrogen) atoms. The average molecular weight is 365 g/mol. The molecule has 2 aliphatic rings. The zero-order valence-corrected chi connectivity index (χ0v) is 17.1. The van der Waals surface area contributed by atoms with Gasteiger partial charge in [0.1, 0.15) is 0 Å². The minimum atomic E-state index is 0.0631. The largest absolute Gasteiger partial charge is 0.372 e. The van der Waals surface area contributed by atoms with Gasteiger partial charge < -0.3 is 10.2 Å². The number of nitrogens with one attached hydrogen (secondary N) is 1.